The Kier molecular flexibility index (Phi) is 6.51. The van der Waals surface area contributed by atoms with E-state index in [4.69, 9.17) is 15.2 Å². The number of amides is 3. The summed E-state index contributed by atoms with van der Waals surface area (Å²) in [6.45, 7) is 3.76. The summed E-state index contributed by atoms with van der Waals surface area (Å²) in [6.07, 6.45) is -0.388. The molecular weight excluding hydrogens is 400 g/mol. The Morgan fingerprint density at radius 3 is 2.71 bits per heavy atom. The number of carbonyl (C=O) groups excluding carboxylic acids is 3. The topological polar surface area (TPSA) is 114 Å². The van der Waals surface area contributed by atoms with Crippen molar-refractivity contribution in [2.75, 3.05) is 39.3 Å². The quantitative estimate of drug-likeness (QED) is 0.514. The van der Waals surface area contributed by atoms with Gasteiger partial charge in [-0.1, -0.05) is 24.0 Å². The van der Waals surface area contributed by atoms with Crippen LogP contribution >= 0.6 is 0 Å². The van der Waals surface area contributed by atoms with Crippen molar-refractivity contribution >= 4 is 17.9 Å². The fraction of sp³-hybridized carbons (Fsp3) is 0.500. The van der Waals surface area contributed by atoms with Crippen molar-refractivity contribution in [3.8, 4) is 11.8 Å². The molecule has 31 heavy (non-hydrogen) atoms. The first-order valence-electron chi connectivity index (χ1n) is 10.5. The Bertz CT molecular complexity index is 907. The van der Waals surface area contributed by atoms with E-state index in [-0.39, 0.29) is 25.0 Å². The molecule has 3 N–H and O–H groups in total. The molecule has 0 bridgehead atoms. The van der Waals surface area contributed by atoms with E-state index < -0.39 is 24.1 Å². The molecule has 1 aromatic rings. The molecule has 164 valence electrons. The number of morpholine rings is 1. The van der Waals surface area contributed by atoms with E-state index in [1.165, 1.54) is 4.90 Å². The lowest BCUT2D eigenvalue weighted by Gasteiger charge is -2.30. The maximum absolute atomic E-state index is 12.3. The molecule has 0 aromatic heterocycles. The third-order valence-corrected chi connectivity index (χ3v) is 5.73. The highest BCUT2D eigenvalue weighted by molar-refractivity contribution is 6.01. The molecular formula is C22H26N4O5. The average molecular weight is 426 g/mol. The van der Waals surface area contributed by atoms with E-state index >= 15 is 0 Å². The van der Waals surface area contributed by atoms with Gasteiger partial charge in [0.05, 0.1) is 25.8 Å². The molecule has 3 saturated heterocycles. The summed E-state index contributed by atoms with van der Waals surface area (Å²) in [5.74, 6) is 5.58. The summed E-state index contributed by atoms with van der Waals surface area (Å²) in [7, 11) is 0. The monoisotopic (exact) mass is 426 g/mol. The van der Waals surface area contributed by atoms with Crippen molar-refractivity contribution in [1.29, 1.82) is 0 Å². The van der Waals surface area contributed by atoms with Crippen molar-refractivity contribution in [2.45, 2.75) is 31.1 Å². The fourth-order valence-electron chi connectivity index (χ4n) is 3.99. The number of nitrogens with two attached hydrogens (primary N) is 1. The second kappa shape index (κ2) is 9.47. The maximum atomic E-state index is 12.3. The van der Waals surface area contributed by atoms with Crippen molar-refractivity contribution in [1.82, 2.24) is 15.1 Å². The lowest BCUT2D eigenvalue weighted by molar-refractivity contribution is -0.136. The Morgan fingerprint density at radius 2 is 1.97 bits per heavy atom. The smallest absolute Gasteiger partial charge is 0.411 e. The molecule has 3 aliphatic heterocycles. The fourth-order valence-corrected chi connectivity index (χ4v) is 3.99. The predicted molar refractivity (Wildman–Crippen MR) is 111 cm³/mol. The Hall–Kier alpha value is -2.93. The first-order valence-corrected chi connectivity index (χ1v) is 10.5. The summed E-state index contributed by atoms with van der Waals surface area (Å²) in [5, 5.41) is 2.28. The van der Waals surface area contributed by atoms with Crippen LogP contribution in [-0.2, 0) is 19.1 Å². The van der Waals surface area contributed by atoms with Gasteiger partial charge >= 0.3 is 6.09 Å². The first kappa shape index (κ1) is 21.3. The van der Waals surface area contributed by atoms with E-state index in [0.717, 1.165) is 24.2 Å². The van der Waals surface area contributed by atoms with Crippen LogP contribution in [0.3, 0.4) is 0 Å². The molecule has 3 atom stereocenters. The van der Waals surface area contributed by atoms with Crippen LogP contribution in [0.15, 0.2) is 24.3 Å². The van der Waals surface area contributed by atoms with Gasteiger partial charge in [-0.15, -0.1) is 0 Å². The SMILES string of the molecule is NC[C@H]1CN(CC#Cc2ccc([C@H]3CN(C4CCC(=O)NC4=O)C(=O)O3)cc2)CCO1. The molecule has 3 amide bonds. The van der Waals surface area contributed by atoms with Gasteiger partial charge in [-0.3, -0.25) is 24.7 Å². The number of nitrogens with one attached hydrogen (secondary N) is 1. The van der Waals surface area contributed by atoms with Crippen LogP contribution < -0.4 is 11.1 Å². The zero-order valence-electron chi connectivity index (χ0n) is 17.2. The highest BCUT2D eigenvalue weighted by Gasteiger charge is 2.41. The second-order valence-electron chi connectivity index (χ2n) is 7.88. The predicted octanol–water partition coefficient (Wildman–Crippen LogP) is -0.00390. The van der Waals surface area contributed by atoms with E-state index in [1.54, 1.807) is 0 Å². The number of piperidine rings is 1. The van der Waals surface area contributed by atoms with Crippen molar-refractivity contribution in [2.24, 2.45) is 5.73 Å². The first-order chi connectivity index (χ1) is 15.0. The maximum Gasteiger partial charge on any atom is 0.411 e. The van der Waals surface area contributed by atoms with E-state index in [1.807, 2.05) is 24.3 Å². The summed E-state index contributed by atoms with van der Waals surface area (Å²) in [4.78, 5) is 39.3. The molecule has 4 rings (SSSR count). The van der Waals surface area contributed by atoms with E-state index in [0.29, 0.717) is 26.1 Å². The molecule has 3 aliphatic rings. The van der Waals surface area contributed by atoms with Gasteiger partial charge in [0, 0.05) is 31.6 Å². The number of cyclic esters (lactones) is 1. The van der Waals surface area contributed by atoms with Gasteiger partial charge in [-0.05, 0) is 24.1 Å². The van der Waals surface area contributed by atoms with Crippen LogP contribution in [0.25, 0.3) is 0 Å². The molecule has 0 saturated carbocycles. The Balaban J connectivity index is 1.33. The van der Waals surface area contributed by atoms with Crippen molar-refractivity contribution in [3.05, 3.63) is 35.4 Å². The molecule has 0 radical (unpaired) electrons. The molecule has 1 aromatic carbocycles. The lowest BCUT2D eigenvalue weighted by Crippen LogP contribution is -2.52. The average Bonchev–Trinajstić information content (AvgIpc) is 3.16. The minimum Gasteiger partial charge on any atom is -0.439 e. The van der Waals surface area contributed by atoms with Crippen LogP contribution in [0.2, 0.25) is 0 Å². The van der Waals surface area contributed by atoms with Crippen LogP contribution in [-0.4, -0.2) is 79.2 Å². The van der Waals surface area contributed by atoms with Crippen LogP contribution in [0.1, 0.15) is 30.1 Å². The minimum absolute atomic E-state index is 0.0729. The highest BCUT2D eigenvalue weighted by Crippen LogP contribution is 2.29. The van der Waals surface area contributed by atoms with Gasteiger partial charge in [0.2, 0.25) is 11.8 Å². The van der Waals surface area contributed by atoms with Gasteiger partial charge in [-0.25, -0.2) is 4.79 Å². The van der Waals surface area contributed by atoms with E-state index in [2.05, 4.69) is 22.1 Å². The van der Waals surface area contributed by atoms with Gasteiger partial charge in [0.1, 0.15) is 12.1 Å². The third kappa shape index (κ3) is 5.05. The Morgan fingerprint density at radius 1 is 1.16 bits per heavy atom. The number of benzene rings is 1. The van der Waals surface area contributed by atoms with Crippen molar-refractivity contribution in [3.63, 3.8) is 0 Å². The summed E-state index contributed by atoms with van der Waals surface area (Å²) in [6, 6.07) is 6.89. The molecule has 0 spiro atoms. The summed E-state index contributed by atoms with van der Waals surface area (Å²) < 4.78 is 11.0. The number of hydrogen-bond donors (Lipinski definition) is 2. The molecule has 3 heterocycles. The molecule has 9 heteroatoms. The van der Waals surface area contributed by atoms with Gasteiger partial charge < -0.3 is 15.2 Å². The van der Waals surface area contributed by atoms with Gasteiger partial charge in [0.15, 0.2) is 0 Å². The molecule has 3 fully saturated rings. The zero-order chi connectivity index (χ0) is 21.8. The summed E-state index contributed by atoms with van der Waals surface area (Å²) in [5.41, 5.74) is 7.38. The Labute approximate surface area is 180 Å². The molecule has 1 unspecified atom stereocenters. The number of hydrogen-bond acceptors (Lipinski definition) is 7. The van der Waals surface area contributed by atoms with Crippen molar-refractivity contribution < 1.29 is 23.9 Å². The second-order valence-corrected chi connectivity index (χ2v) is 7.88. The number of ether oxygens (including phenoxy) is 2. The minimum atomic E-state index is -0.667. The third-order valence-electron chi connectivity index (χ3n) is 5.73. The zero-order valence-corrected chi connectivity index (χ0v) is 17.2. The summed E-state index contributed by atoms with van der Waals surface area (Å²) >= 11 is 0. The lowest BCUT2D eigenvalue weighted by atomic mass is 10.0. The number of carbonyl (C=O) groups is 3. The normalized spacial score (nSPS) is 26.8. The van der Waals surface area contributed by atoms with E-state index in [9.17, 15) is 14.4 Å². The number of imide groups is 1. The molecule has 0 aliphatic carbocycles. The molecule has 9 nitrogen and oxygen atoms in total. The number of rotatable bonds is 4. The van der Waals surface area contributed by atoms with Gasteiger partial charge in [0.25, 0.3) is 0 Å². The van der Waals surface area contributed by atoms with Crippen LogP contribution in [0.5, 0.6) is 0 Å². The number of nitrogens with zero attached hydrogens (tertiary/aromatic N) is 2. The largest absolute Gasteiger partial charge is 0.439 e. The van der Waals surface area contributed by atoms with Crippen LogP contribution in [0, 0.1) is 11.8 Å². The van der Waals surface area contributed by atoms with Gasteiger partial charge in [-0.2, -0.15) is 0 Å². The van der Waals surface area contributed by atoms with Crippen LogP contribution in [0.4, 0.5) is 4.79 Å². The standard InChI is InChI=1S/C22H26N4O5/c23-12-17-13-25(10-11-30-17)9-1-2-15-3-5-16(6-4-15)19-14-26(22(29)31-19)18-7-8-20(27)24-21(18)28/h3-6,17-19H,7-14,23H2,(H,24,27,28)/t17-,18?,19+/m0/s1. The highest BCUT2D eigenvalue weighted by atomic mass is 16.6.